The van der Waals surface area contributed by atoms with E-state index in [1.807, 2.05) is 20.8 Å². The Bertz CT molecular complexity index is 794. The van der Waals surface area contributed by atoms with Crippen molar-refractivity contribution < 1.29 is 32.6 Å². The minimum absolute atomic E-state index is 0.0924. The highest BCUT2D eigenvalue weighted by molar-refractivity contribution is 7.90. The number of amides is 1. The van der Waals surface area contributed by atoms with Gasteiger partial charge >= 0.3 is 5.97 Å². The number of sulfone groups is 1. The number of carboxylic acid groups (broad SMARTS) is 1. The number of hydrogen-bond acceptors (Lipinski definition) is 7. The topological polar surface area (TPSA) is 145 Å². The van der Waals surface area contributed by atoms with Crippen LogP contribution in [-0.4, -0.2) is 57.2 Å². The van der Waals surface area contributed by atoms with Gasteiger partial charge in [-0.1, -0.05) is 19.9 Å². The van der Waals surface area contributed by atoms with Crippen LogP contribution in [0.3, 0.4) is 0 Å². The van der Waals surface area contributed by atoms with Crippen molar-refractivity contribution >= 4 is 21.7 Å². The van der Waals surface area contributed by atoms with Gasteiger partial charge in [0.05, 0.1) is 19.5 Å². The van der Waals surface area contributed by atoms with Crippen molar-refractivity contribution in [2.45, 2.75) is 46.2 Å². The number of nitrogens with two attached hydrogens (primary N) is 1. The maximum Gasteiger partial charge on any atom is 0.326 e. The molecule has 0 heterocycles. The molecule has 0 aliphatic carbocycles. The van der Waals surface area contributed by atoms with Crippen LogP contribution < -0.4 is 20.5 Å². The highest BCUT2D eigenvalue weighted by Gasteiger charge is 2.19. The summed E-state index contributed by atoms with van der Waals surface area (Å²) in [5.41, 5.74) is 6.57. The Hall–Kier alpha value is -2.33. The molecule has 10 heteroatoms. The molecule has 1 amide bonds. The van der Waals surface area contributed by atoms with Gasteiger partial charge in [-0.25, -0.2) is 13.2 Å². The van der Waals surface area contributed by atoms with Gasteiger partial charge in [0.25, 0.3) is 0 Å². The Morgan fingerprint density at radius 1 is 1.23 bits per heavy atom. The molecule has 0 aliphatic rings. The summed E-state index contributed by atoms with van der Waals surface area (Å²) in [6, 6.07) is 3.88. The largest absolute Gasteiger partial charge is 0.493 e. The van der Waals surface area contributed by atoms with E-state index < -0.39 is 27.9 Å². The van der Waals surface area contributed by atoms with Crippen molar-refractivity contribution in [3.8, 4) is 11.5 Å². The highest BCUT2D eigenvalue weighted by Crippen LogP contribution is 2.30. The fourth-order valence-electron chi connectivity index (χ4n) is 2.55. The molecule has 0 fully saturated rings. The number of benzene rings is 1. The molecule has 0 saturated heterocycles. The second kappa shape index (κ2) is 13.1. The highest BCUT2D eigenvalue weighted by atomic mass is 32.2. The Labute approximate surface area is 178 Å². The van der Waals surface area contributed by atoms with Crippen LogP contribution in [0.25, 0.3) is 0 Å². The lowest BCUT2D eigenvalue weighted by molar-refractivity contribution is -0.142. The number of carboxylic acids is 1. The van der Waals surface area contributed by atoms with E-state index in [0.717, 1.165) is 0 Å². The fourth-order valence-corrected chi connectivity index (χ4v) is 3.40. The molecule has 0 aliphatic heterocycles. The molecule has 0 radical (unpaired) electrons. The van der Waals surface area contributed by atoms with Crippen molar-refractivity contribution in [1.82, 2.24) is 5.32 Å². The number of methoxy groups -OCH3 is 1. The second-order valence-electron chi connectivity index (χ2n) is 7.26. The molecule has 0 unspecified atom stereocenters. The second-order valence-corrected chi connectivity index (χ2v) is 9.45. The molecule has 4 N–H and O–H groups in total. The normalized spacial score (nSPS) is 12.9. The van der Waals surface area contributed by atoms with Crippen LogP contribution in [-0.2, 0) is 19.4 Å². The smallest absolute Gasteiger partial charge is 0.326 e. The first-order chi connectivity index (χ1) is 13.8. The van der Waals surface area contributed by atoms with E-state index in [2.05, 4.69) is 5.32 Å². The average molecular weight is 447 g/mol. The maximum atomic E-state index is 11.2. The summed E-state index contributed by atoms with van der Waals surface area (Å²) in [6.45, 7) is 7.51. The Kier molecular flexibility index (Phi) is 12.1. The summed E-state index contributed by atoms with van der Waals surface area (Å²) in [4.78, 5) is 21.1. The quantitative estimate of drug-likeness (QED) is 0.493. The van der Waals surface area contributed by atoms with Gasteiger partial charge in [0.15, 0.2) is 11.5 Å². The lowest BCUT2D eigenvalue weighted by atomic mass is 10.0. The molecule has 0 bridgehead atoms. The Balaban J connectivity index is 0.000000612. The molecule has 9 nitrogen and oxygen atoms in total. The number of carbonyl (C=O) groups excluding carboxylic acids is 1. The lowest BCUT2D eigenvalue weighted by Crippen LogP contribution is -2.40. The molecule has 0 spiro atoms. The number of rotatable bonds is 10. The van der Waals surface area contributed by atoms with Gasteiger partial charge in [-0.3, -0.25) is 4.79 Å². The summed E-state index contributed by atoms with van der Waals surface area (Å²) < 4.78 is 33.0. The molecule has 172 valence electrons. The van der Waals surface area contributed by atoms with Crippen molar-refractivity contribution in [1.29, 1.82) is 0 Å². The average Bonchev–Trinajstić information content (AvgIpc) is 2.59. The number of hydrogen-bond donors (Lipinski definition) is 3. The number of ether oxygens (including phenoxy) is 2. The maximum absolute atomic E-state index is 11.2. The SMILES string of the molecule is CC(=O)N[C@H](CC(C)C)C(=O)O.CCOc1cc([C@@H](N)CS(C)(=O)=O)ccc1OC. The molecule has 0 saturated carbocycles. The van der Waals surface area contributed by atoms with Gasteiger partial charge in [0.2, 0.25) is 5.91 Å². The molecule has 30 heavy (non-hydrogen) atoms. The molecule has 2 atom stereocenters. The minimum atomic E-state index is -3.11. The third-order valence-corrected chi connectivity index (χ3v) is 4.75. The molecule has 1 aromatic carbocycles. The van der Waals surface area contributed by atoms with Crippen LogP contribution in [0.1, 0.15) is 45.7 Å². The molecular weight excluding hydrogens is 412 g/mol. The first-order valence-corrected chi connectivity index (χ1v) is 11.6. The molecule has 1 rings (SSSR count). The van der Waals surface area contributed by atoms with Gasteiger partial charge in [0.1, 0.15) is 15.9 Å². The summed E-state index contributed by atoms with van der Waals surface area (Å²) >= 11 is 0. The van der Waals surface area contributed by atoms with Crippen LogP contribution in [0.2, 0.25) is 0 Å². The fraction of sp³-hybridized carbons (Fsp3) is 0.600. The number of carbonyl (C=O) groups is 2. The van der Waals surface area contributed by atoms with Crippen LogP contribution in [0.5, 0.6) is 11.5 Å². The van der Waals surface area contributed by atoms with Crippen LogP contribution in [0.15, 0.2) is 18.2 Å². The van der Waals surface area contributed by atoms with Crippen LogP contribution in [0.4, 0.5) is 0 Å². The summed E-state index contributed by atoms with van der Waals surface area (Å²) in [6.07, 6.45) is 1.63. The summed E-state index contributed by atoms with van der Waals surface area (Å²) in [5, 5.41) is 11.0. The van der Waals surface area contributed by atoms with Gasteiger partial charge in [0, 0.05) is 19.2 Å². The van der Waals surface area contributed by atoms with E-state index in [0.29, 0.717) is 30.1 Å². The monoisotopic (exact) mass is 446 g/mol. The Morgan fingerprint density at radius 2 is 1.83 bits per heavy atom. The predicted molar refractivity (Wildman–Crippen MR) is 115 cm³/mol. The number of nitrogens with one attached hydrogen (secondary N) is 1. The van der Waals surface area contributed by atoms with E-state index in [9.17, 15) is 18.0 Å². The lowest BCUT2D eigenvalue weighted by Gasteiger charge is -2.15. The van der Waals surface area contributed by atoms with Gasteiger partial charge in [-0.2, -0.15) is 0 Å². The van der Waals surface area contributed by atoms with Crippen molar-refractivity contribution in [2.24, 2.45) is 11.7 Å². The third-order valence-electron chi connectivity index (χ3n) is 3.78. The van der Waals surface area contributed by atoms with E-state index in [1.54, 1.807) is 25.3 Å². The van der Waals surface area contributed by atoms with Crippen molar-refractivity contribution in [3.63, 3.8) is 0 Å². The van der Waals surface area contributed by atoms with E-state index >= 15 is 0 Å². The number of aliphatic carboxylic acids is 1. The van der Waals surface area contributed by atoms with E-state index in [-0.39, 0.29) is 17.6 Å². The van der Waals surface area contributed by atoms with Gasteiger partial charge < -0.3 is 25.6 Å². The van der Waals surface area contributed by atoms with Gasteiger partial charge in [-0.15, -0.1) is 0 Å². The molecule has 0 aromatic heterocycles. The van der Waals surface area contributed by atoms with Crippen LogP contribution >= 0.6 is 0 Å². The zero-order valence-electron chi connectivity index (χ0n) is 18.5. The predicted octanol–water partition coefficient (Wildman–Crippen LogP) is 1.76. The first-order valence-electron chi connectivity index (χ1n) is 9.54. The molecular formula is C20H34N2O7S. The zero-order chi connectivity index (χ0) is 23.5. The Morgan fingerprint density at radius 3 is 2.23 bits per heavy atom. The van der Waals surface area contributed by atoms with E-state index in [4.69, 9.17) is 20.3 Å². The van der Waals surface area contributed by atoms with Crippen molar-refractivity contribution in [3.05, 3.63) is 23.8 Å². The summed E-state index contributed by atoms with van der Waals surface area (Å²) in [5.74, 6) is 0.0683. The van der Waals surface area contributed by atoms with Gasteiger partial charge in [-0.05, 0) is 37.0 Å². The van der Waals surface area contributed by atoms with Crippen LogP contribution in [0, 0.1) is 5.92 Å². The van der Waals surface area contributed by atoms with E-state index in [1.165, 1.54) is 13.2 Å². The first kappa shape index (κ1) is 27.7. The third kappa shape index (κ3) is 11.6. The molecule has 1 aromatic rings. The van der Waals surface area contributed by atoms with Crippen molar-refractivity contribution in [2.75, 3.05) is 25.7 Å². The summed E-state index contributed by atoms with van der Waals surface area (Å²) in [7, 11) is -1.56. The minimum Gasteiger partial charge on any atom is -0.493 e. The zero-order valence-corrected chi connectivity index (χ0v) is 19.3. The standard InChI is InChI=1S/C12H19NO4S.C8H15NO3/c1-4-17-12-7-9(5-6-11(12)16-2)10(13)8-18(3,14)15;1-5(2)4-7(8(11)12)9-6(3)10/h5-7,10H,4,8,13H2,1-3H3;5,7H,4H2,1-3H3,(H,9,10)(H,11,12)/t10-;7-/m01/s1.